The van der Waals surface area contributed by atoms with Gasteiger partial charge >= 0.3 is 6.18 Å². The number of carbonyl (C=O) groups excluding carboxylic acids is 1. The van der Waals surface area contributed by atoms with E-state index in [0.717, 1.165) is 5.56 Å². The number of fused-ring (bicyclic) bond motifs is 1. The maximum atomic E-state index is 12.3. The highest BCUT2D eigenvalue weighted by Gasteiger charge is 2.28. The number of amides is 1. The Kier molecular flexibility index (Phi) is 4.98. The van der Waals surface area contributed by atoms with E-state index in [4.69, 9.17) is 4.74 Å². The summed E-state index contributed by atoms with van der Waals surface area (Å²) < 4.78 is 43.9. The Morgan fingerprint density at radius 3 is 2.74 bits per heavy atom. The van der Waals surface area contributed by atoms with Gasteiger partial charge in [0.2, 0.25) is 5.88 Å². The lowest BCUT2D eigenvalue weighted by Gasteiger charge is -2.10. The predicted octanol–water partition coefficient (Wildman–Crippen LogP) is 2.48. The molecule has 0 atom stereocenters. The standard InChI is InChI=1S/C17H16F3N5O2/c1-10-12(22-8-23-16(10)27-2)6-25-9-24-14-11(4-3-5-13(14)25)15(26)21-7-17(18,19)20/h3-5,8-9H,6-7H2,1-2H3,(H,21,26). The van der Waals surface area contributed by atoms with E-state index < -0.39 is 18.6 Å². The van der Waals surface area contributed by atoms with E-state index in [1.807, 2.05) is 12.2 Å². The Morgan fingerprint density at radius 1 is 1.26 bits per heavy atom. The van der Waals surface area contributed by atoms with Crippen molar-refractivity contribution in [2.24, 2.45) is 0 Å². The SMILES string of the molecule is COc1ncnc(Cn2cnc3c(C(=O)NCC(F)(F)F)cccc32)c1C. The summed E-state index contributed by atoms with van der Waals surface area (Å²) in [5, 5.41) is 1.86. The molecule has 2 aromatic heterocycles. The van der Waals surface area contributed by atoms with Crippen LogP contribution in [-0.2, 0) is 6.54 Å². The zero-order chi connectivity index (χ0) is 19.6. The van der Waals surface area contributed by atoms with Crippen molar-refractivity contribution in [3.8, 4) is 5.88 Å². The quantitative estimate of drug-likeness (QED) is 0.737. The first kappa shape index (κ1) is 18.6. The fraction of sp³-hybridized carbons (Fsp3) is 0.294. The van der Waals surface area contributed by atoms with Gasteiger partial charge in [-0.25, -0.2) is 15.0 Å². The Balaban J connectivity index is 1.91. The molecule has 0 aliphatic heterocycles. The molecule has 10 heteroatoms. The monoisotopic (exact) mass is 379 g/mol. The highest BCUT2D eigenvalue weighted by molar-refractivity contribution is 6.04. The average molecular weight is 379 g/mol. The number of nitrogens with zero attached hydrogens (tertiary/aromatic N) is 4. The van der Waals surface area contributed by atoms with Crippen LogP contribution >= 0.6 is 0 Å². The lowest BCUT2D eigenvalue weighted by atomic mass is 10.1. The largest absolute Gasteiger partial charge is 0.481 e. The number of hydrogen-bond donors (Lipinski definition) is 1. The van der Waals surface area contributed by atoms with E-state index in [0.29, 0.717) is 29.2 Å². The summed E-state index contributed by atoms with van der Waals surface area (Å²) in [6.07, 6.45) is -1.58. The topological polar surface area (TPSA) is 81.9 Å². The summed E-state index contributed by atoms with van der Waals surface area (Å²) in [7, 11) is 1.51. The van der Waals surface area contributed by atoms with Crippen LogP contribution in [-0.4, -0.2) is 45.3 Å². The predicted molar refractivity (Wildman–Crippen MR) is 90.5 cm³/mol. The summed E-state index contributed by atoms with van der Waals surface area (Å²) in [6.45, 7) is 0.765. The van der Waals surface area contributed by atoms with Gasteiger partial charge in [-0.1, -0.05) is 6.07 Å². The number of benzene rings is 1. The van der Waals surface area contributed by atoms with Crippen LogP contribution in [0.1, 0.15) is 21.6 Å². The van der Waals surface area contributed by atoms with Crippen molar-refractivity contribution in [2.45, 2.75) is 19.6 Å². The third kappa shape index (κ3) is 3.99. The number of rotatable bonds is 5. The molecular formula is C17H16F3N5O2. The second-order valence-electron chi connectivity index (χ2n) is 5.80. The summed E-state index contributed by atoms with van der Waals surface area (Å²) >= 11 is 0. The van der Waals surface area contributed by atoms with Gasteiger partial charge in [-0.15, -0.1) is 0 Å². The zero-order valence-corrected chi connectivity index (χ0v) is 14.5. The third-order valence-electron chi connectivity index (χ3n) is 4.00. The molecule has 0 aliphatic carbocycles. The van der Waals surface area contributed by atoms with E-state index in [2.05, 4.69) is 15.0 Å². The molecule has 0 aliphatic rings. The fourth-order valence-corrected chi connectivity index (χ4v) is 2.67. The van der Waals surface area contributed by atoms with Crippen molar-refractivity contribution < 1.29 is 22.7 Å². The first-order valence-corrected chi connectivity index (χ1v) is 7.93. The molecule has 0 bridgehead atoms. The number of para-hydroxylation sites is 1. The number of methoxy groups -OCH3 is 1. The average Bonchev–Trinajstić information content (AvgIpc) is 3.04. The molecule has 0 saturated heterocycles. The van der Waals surface area contributed by atoms with Gasteiger partial charge in [0.15, 0.2) is 0 Å². The molecule has 0 spiro atoms. The van der Waals surface area contributed by atoms with Gasteiger partial charge in [0, 0.05) is 5.56 Å². The number of carbonyl (C=O) groups is 1. The minimum Gasteiger partial charge on any atom is -0.481 e. The molecule has 1 N–H and O–H groups in total. The van der Waals surface area contributed by atoms with Crippen LogP contribution in [0.15, 0.2) is 30.9 Å². The van der Waals surface area contributed by atoms with Gasteiger partial charge in [0.05, 0.1) is 36.8 Å². The first-order chi connectivity index (χ1) is 12.8. The first-order valence-electron chi connectivity index (χ1n) is 7.93. The van der Waals surface area contributed by atoms with Gasteiger partial charge in [-0.05, 0) is 19.1 Å². The number of nitrogens with one attached hydrogen (secondary N) is 1. The lowest BCUT2D eigenvalue weighted by molar-refractivity contribution is -0.123. The van der Waals surface area contributed by atoms with Crippen molar-refractivity contribution in [1.82, 2.24) is 24.8 Å². The van der Waals surface area contributed by atoms with Crippen molar-refractivity contribution in [3.63, 3.8) is 0 Å². The number of alkyl halides is 3. The minimum atomic E-state index is -4.48. The number of halogens is 3. The van der Waals surface area contributed by atoms with Crippen LogP contribution in [0, 0.1) is 6.92 Å². The lowest BCUT2D eigenvalue weighted by Crippen LogP contribution is -2.33. The van der Waals surface area contributed by atoms with Crippen LogP contribution < -0.4 is 10.1 Å². The van der Waals surface area contributed by atoms with Crippen molar-refractivity contribution in [3.05, 3.63) is 47.7 Å². The Hall–Kier alpha value is -3.17. The second-order valence-corrected chi connectivity index (χ2v) is 5.80. The summed E-state index contributed by atoms with van der Waals surface area (Å²) in [4.78, 5) is 24.6. The molecule has 142 valence electrons. The maximum absolute atomic E-state index is 12.3. The van der Waals surface area contributed by atoms with Crippen LogP contribution in [0.2, 0.25) is 0 Å². The highest BCUT2D eigenvalue weighted by atomic mass is 19.4. The highest BCUT2D eigenvalue weighted by Crippen LogP contribution is 2.21. The minimum absolute atomic E-state index is 0.0764. The number of hydrogen-bond acceptors (Lipinski definition) is 5. The van der Waals surface area contributed by atoms with E-state index in [1.165, 1.54) is 25.8 Å². The summed E-state index contributed by atoms with van der Waals surface area (Å²) in [5.41, 5.74) is 2.46. The molecule has 0 unspecified atom stereocenters. The Bertz CT molecular complexity index is 984. The van der Waals surface area contributed by atoms with Crippen molar-refractivity contribution in [1.29, 1.82) is 0 Å². The second kappa shape index (κ2) is 7.22. The molecular weight excluding hydrogens is 363 g/mol. The van der Waals surface area contributed by atoms with E-state index >= 15 is 0 Å². The third-order valence-corrected chi connectivity index (χ3v) is 4.00. The summed E-state index contributed by atoms with van der Waals surface area (Å²) in [6, 6.07) is 4.76. The van der Waals surface area contributed by atoms with Crippen molar-refractivity contribution >= 4 is 16.9 Å². The Morgan fingerprint density at radius 2 is 2.04 bits per heavy atom. The number of aromatic nitrogens is 4. The van der Waals surface area contributed by atoms with Gasteiger partial charge in [0.1, 0.15) is 18.4 Å². The summed E-state index contributed by atoms with van der Waals surface area (Å²) in [5.74, 6) is -0.375. The molecule has 0 fully saturated rings. The molecule has 7 nitrogen and oxygen atoms in total. The number of ether oxygens (including phenoxy) is 1. The van der Waals surface area contributed by atoms with Crippen LogP contribution in [0.25, 0.3) is 11.0 Å². The Labute approximate surface area is 152 Å². The molecule has 2 heterocycles. The normalized spacial score (nSPS) is 11.6. The fourth-order valence-electron chi connectivity index (χ4n) is 2.67. The molecule has 0 saturated carbocycles. The molecule has 1 aromatic carbocycles. The van der Waals surface area contributed by atoms with Gasteiger partial charge in [-0.3, -0.25) is 4.79 Å². The van der Waals surface area contributed by atoms with Gasteiger partial charge in [0.25, 0.3) is 5.91 Å². The van der Waals surface area contributed by atoms with Crippen LogP contribution in [0.5, 0.6) is 5.88 Å². The van der Waals surface area contributed by atoms with Gasteiger partial charge in [-0.2, -0.15) is 13.2 Å². The smallest absolute Gasteiger partial charge is 0.405 e. The van der Waals surface area contributed by atoms with Gasteiger partial charge < -0.3 is 14.6 Å². The zero-order valence-electron chi connectivity index (χ0n) is 14.5. The van der Waals surface area contributed by atoms with Crippen LogP contribution in [0.3, 0.4) is 0 Å². The molecule has 27 heavy (non-hydrogen) atoms. The van der Waals surface area contributed by atoms with Crippen LogP contribution in [0.4, 0.5) is 13.2 Å². The van der Waals surface area contributed by atoms with E-state index in [1.54, 1.807) is 16.7 Å². The van der Waals surface area contributed by atoms with E-state index in [-0.39, 0.29) is 5.56 Å². The number of imidazole rings is 1. The van der Waals surface area contributed by atoms with Crippen molar-refractivity contribution in [2.75, 3.05) is 13.7 Å². The van der Waals surface area contributed by atoms with E-state index in [9.17, 15) is 18.0 Å². The molecule has 3 rings (SSSR count). The molecule has 3 aromatic rings. The molecule has 1 amide bonds. The maximum Gasteiger partial charge on any atom is 0.405 e. The molecule has 0 radical (unpaired) electrons.